The summed E-state index contributed by atoms with van der Waals surface area (Å²) in [5, 5.41) is 4.79. The van der Waals surface area contributed by atoms with Crippen molar-refractivity contribution in [3.63, 3.8) is 0 Å². The molecule has 8 nitrogen and oxygen atoms in total. The molecule has 0 aliphatic heterocycles. The molecule has 134 valence electrons. The minimum absolute atomic E-state index is 0.141. The zero-order valence-electron chi connectivity index (χ0n) is 14.5. The number of anilines is 1. The number of aryl methyl sites for hydroxylation is 1. The maximum Gasteiger partial charge on any atom is 0.344 e. The number of hydrogen-bond donors (Lipinski definition) is 1. The quantitative estimate of drug-likeness (QED) is 0.539. The highest BCUT2D eigenvalue weighted by Crippen LogP contribution is 2.29. The summed E-state index contributed by atoms with van der Waals surface area (Å²) in [5.41, 5.74) is 7.28. The van der Waals surface area contributed by atoms with Crippen LogP contribution >= 0.6 is 11.8 Å². The predicted octanol–water partition coefficient (Wildman–Crippen LogP) is 2.85. The summed E-state index contributed by atoms with van der Waals surface area (Å²) in [5.74, 6) is 0.993. The smallest absolute Gasteiger partial charge is 0.344 e. The van der Waals surface area contributed by atoms with Gasteiger partial charge in [0.1, 0.15) is 28.5 Å². The van der Waals surface area contributed by atoms with Crippen LogP contribution in [0.3, 0.4) is 0 Å². The van der Waals surface area contributed by atoms with E-state index in [1.807, 2.05) is 31.2 Å². The molecular weight excluding hydrogens is 354 g/mol. The van der Waals surface area contributed by atoms with Crippen LogP contribution in [0.4, 0.5) is 5.82 Å². The van der Waals surface area contributed by atoms with Gasteiger partial charge < -0.3 is 15.2 Å². The largest absolute Gasteiger partial charge is 0.465 e. The van der Waals surface area contributed by atoms with Crippen molar-refractivity contribution in [2.24, 2.45) is 0 Å². The van der Waals surface area contributed by atoms with Gasteiger partial charge in [0.15, 0.2) is 5.82 Å². The van der Waals surface area contributed by atoms with E-state index in [1.54, 1.807) is 12.3 Å². The zero-order chi connectivity index (χ0) is 18.7. The number of benzene rings is 1. The van der Waals surface area contributed by atoms with Gasteiger partial charge in [0.25, 0.3) is 0 Å². The fourth-order valence-corrected chi connectivity index (χ4v) is 2.86. The Balaban J connectivity index is 2.00. The molecule has 0 bridgehead atoms. The molecule has 1 aromatic carbocycles. The number of hydrogen-bond acceptors (Lipinski definition) is 8. The van der Waals surface area contributed by atoms with Crippen LogP contribution in [-0.2, 0) is 4.74 Å². The first-order valence-electron chi connectivity index (χ1n) is 7.61. The van der Waals surface area contributed by atoms with E-state index >= 15 is 0 Å². The Bertz CT molecular complexity index is 957. The third kappa shape index (κ3) is 3.33. The van der Waals surface area contributed by atoms with E-state index in [2.05, 4.69) is 15.1 Å². The number of methoxy groups -OCH3 is 1. The number of carbonyl (C=O) groups excluding carboxylic acids is 1. The third-order valence-electron chi connectivity index (χ3n) is 3.62. The van der Waals surface area contributed by atoms with Gasteiger partial charge in [-0.25, -0.2) is 14.8 Å². The summed E-state index contributed by atoms with van der Waals surface area (Å²) in [6.45, 7) is 1.94. The van der Waals surface area contributed by atoms with Crippen molar-refractivity contribution in [3.05, 3.63) is 47.8 Å². The maximum absolute atomic E-state index is 12.0. The van der Waals surface area contributed by atoms with Gasteiger partial charge in [-0.3, -0.25) is 0 Å². The molecule has 2 N–H and O–H groups in total. The molecule has 0 radical (unpaired) electrons. The highest BCUT2D eigenvalue weighted by molar-refractivity contribution is 7.98. The molecule has 0 spiro atoms. The van der Waals surface area contributed by atoms with E-state index in [0.717, 1.165) is 5.56 Å². The van der Waals surface area contributed by atoms with E-state index in [0.29, 0.717) is 22.5 Å². The first kappa shape index (κ1) is 17.7. The van der Waals surface area contributed by atoms with Crippen LogP contribution in [-0.4, -0.2) is 39.1 Å². The lowest BCUT2D eigenvalue weighted by Crippen LogP contribution is -2.08. The number of thioether (sulfide) groups is 1. The third-order valence-corrected chi connectivity index (χ3v) is 4.30. The summed E-state index contributed by atoms with van der Waals surface area (Å²) >= 11 is 1.29. The number of aromatic nitrogens is 4. The molecule has 0 saturated heterocycles. The van der Waals surface area contributed by atoms with Crippen LogP contribution in [0.5, 0.6) is 11.6 Å². The molecule has 0 atom stereocenters. The summed E-state index contributed by atoms with van der Waals surface area (Å²) in [6, 6.07) is 9.19. The van der Waals surface area contributed by atoms with Gasteiger partial charge in [-0.15, -0.1) is 11.8 Å². The molecule has 0 amide bonds. The highest BCUT2D eigenvalue weighted by Gasteiger charge is 2.24. The van der Waals surface area contributed by atoms with Crippen molar-refractivity contribution in [2.45, 2.75) is 11.9 Å². The van der Waals surface area contributed by atoms with Crippen LogP contribution in [0.15, 0.2) is 41.7 Å². The van der Waals surface area contributed by atoms with Crippen LogP contribution in [0.25, 0.3) is 5.82 Å². The molecule has 0 unspecified atom stereocenters. The molecule has 0 fully saturated rings. The molecule has 9 heteroatoms. The van der Waals surface area contributed by atoms with Crippen molar-refractivity contribution >= 4 is 23.5 Å². The van der Waals surface area contributed by atoms with Crippen molar-refractivity contribution in [1.29, 1.82) is 0 Å². The van der Waals surface area contributed by atoms with Crippen LogP contribution in [0.2, 0.25) is 0 Å². The zero-order valence-corrected chi connectivity index (χ0v) is 15.3. The number of para-hydroxylation sites is 1. The fourth-order valence-electron chi connectivity index (χ4n) is 2.31. The van der Waals surface area contributed by atoms with Gasteiger partial charge in [0.05, 0.1) is 7.11 Å². The van der Waals surface area contributed by atoms with Crippen LogP contribution in [0, 0.1) is 6.92 Å². The Morgan fingerprint density at radius 3 is 2.73 bits per heavy atom. The summed E-state index contributed by atoms with van der Waals surface area (Å²) in [6.07, 6.45) is 3.14. The number of carbonyl (C=O) groups is 1. The summed E-state index contributed by atoms with van der Waals surface area (Å²) in [7, 11) is 1.29. The summed E-state index contributed by atoms with van der Waals surface area (Å²) < 4.78 is 12.0. The molecule has 26 heavy (non-hydrogen) atoms. The second-order valence-corrected chi connectivity index (χ2v) is 6.05. The van der Waals surface area contributed by atoms with Crippen molar-refractivity contribution in [1.82, 2.24) is 19.7 Å². The average Bonchev–Trinajstić information content (AvgIpc) is 3.00. The van der Waals surface area contributed by atoms with Crippen molar-refractivity contribution in [2.75, 3.05) is 19.1 Å². The molecule has 2 aromatic heterocycles. The molecule has 0 aliphatic carbocycles. The number of nitrogens with two attached hydrogens (primary N) is 1. The standard InChI is InChI=1S/C17H17N5O3S/c1-10-6-4-5-7-11(10)25-13-8-12(19-9-20-13)22-15(18)14(17(23)24-2)16(21-22)26-3/h4-9H,18H2,1-3H3. The van der Waals surface area contributed by atoms with E-state index < -0.39 is 5.97 Å². The first-order chi connectivity index (χ1) is 12.5. The topological polar surface area (TPSA) is 105 Å². The van der Waals surface area contributed by atoms with Gasteiger partial charge in [-0.05, 0) is 24.8 Å². The summed E-state index contributed by atoms with van der Waals surface area (Å²) in [4.78, 5) is 20.3. The van der Waals surface area contributed by atoms with Gasteiger partial charge in [-0.2, -0.15) is 9.78 Å². The normalized spacial score (nSPS) is 10.6. The Hall–Kier alpha value is -3.07. The van der Waals surface area contributed by atoms with E-state index in [-0.39, 0.29) is 11.4 Å². The minimum Gasteiger partial charge on any atom is -0.465 e. The van der Waals surface area contributed by atoms with Crippen molar-refractivity contribution in [3.8, 4) is 17.4 Å². The van der Waals surface area contributed by atoms with Gasteiger partial charge in [-0.1, -0.05) is 18.2 Å². The molecule has 0 aliphatic rings. The maximum atomic E-state index is 12.0. The lowest BCUT2D eigenvalue weighted by atomic mass is 10.2. The van der Waals surface area contributed by atoms with Gasteiger partial charge in [0.2, 0.25) is 5.88 Å². The monoisotopic (exact) mass is 371 g/mol. The lowest BCUT2D eigenvalue weighted by molar-refractivity contribution is 0.0598. The average molecular weight is 371 g/mol. The molecule has 0 saturated carbocycles. The number of ether oxygens (including phenoxy) is 2. The molecule has 3 aromatic rings. The minimum atomic E-state index is -0.552. The Labute approximate surface area is 154 Å². The van der Waals surface area contributed by atoms with E-state index in [4.69, 9.17) is 15.2 Å². The van der Waals surface area contributed by atoms with Crippen LogP contribution < -0.4 is 10.5 Å². The van der Waals surface area contributed by atoms with Gasteiger partial charge >= 0.3 is 5.97 Å². The predicted molar refractivity (Wildman–Crippen MR) is 97.9 cm³/mol. The lowest BCUT2D eigenvalue weighted by Gasteiger charge is -2.09. The highest BCUT2D eigenvalue weighted by atomic mass is 32.2. The molecule has 2 heterocycles. The SMILES string of the molecule is COC(=O)c1c(SC)nn(-c2cc(Oc3ccccc3C)ncn2)c1N. The molecule has 3 rings (SSSR count). The number of nitrogen functional groups attached to an aromatic ring is 1. The molecular formula is C17H17N5O3S. The first-order valence-corrected chi connectivity index (χ1v) is 8.84. The second-order valence-electron chi connectivity index (χ2n) is 5.25. The Morgan fingerprint density at radius 2 is 2.04 bits per heavy atom. The second kappa shape index (κ2) is 7.44. The fraction of sp³-hybridized carbons (Fsp3) is 0.176. The van der Waals surface area contributed by atoms with E-state index in [9.17, 15) is 4.79 Å². The number of nitrogens with zero attached hydrogens (tertiary/aromatic N) is 4. The van der Waals surface area contributed by atoms with E-state index in [1.165, 1.54) is 29.9 Å². The number of rotatable bonds is 5. The van der Waals surface area contributed by atoms with Gasteiger partial charge in [0, 0.05) is 6.07 Å². The Morgan fingerprint density at radius 1 is 1.27 bits per heavy atom. The van der Waals surface area contributed by atoms with Crippen molar-refractivity contribution < 1.29 is 14.3 Å². The van der Waals surface area contributed by atoms with Crippen LogP contribution in [0.1, 0.15) is 15.9 Å². The number of esters is 1. The Kier molecular flexibility index (Phi) is 5.08.